The van der Waals surface area contributed by atoms with E-state index in [0.29, 0.717) is 0 Å². The predicted molar refractivity (Wildman–Crippen MR) is 70.8 cm³/mol. The van der Waals surface area contributed by atoms with E-state index >= 15 is 0 Å². The summed E-state index contributed by atoms with van der Waals surface area (Å²) in [6.45, 7) is 6.15. The monoisotopic (exact) mass is 237 g/mol. The van der Waals surface area contributed by atoms with Crippen LogP contribution >= 0.6 is 0 Å². The van der Waals surface area contributed by atoms with Crippen LogP contribution in [0.4, 0.5) is 0 Å². The number of methoxy groups -OCH3 is 1. The molecular formula is C14H23NO2. The number of benzene rings is 1. The minimum absolute atomic E-state index is 0.219. The van der Waals surface area contributed by atoms with Crippen LogP contribution in [0.15, 0.2) is 12.1 Å². The van der Waals surface area contributed by atoms with Crippen LogP contribution in [0, 0.1) is 13.8 Å². The lowest BCUT2D eigenvalue weighted by Gasteiger charge is -2.17. The van der Waals surface area contributed by atoms with Crippen LogP contribution in [0.2, 0.25) is 0 Å². The lowest BCUT2D eigenvalue weighted by Crippen LogP contribution is -2.24. The van der Waals surface area contributed by atoms with Crippen LogP contribution < -0.4 is 4.74 Å². The number of hydrogen-bond donors (Lipinski definition) is 1. The molecule has 3 heteroatoms. The third kappa shape index (κ3) is 3.72. The second kappa shape index (κ2) is 6.62. The number of likely N-dealkylation sites (N-methyl/N-ethyl adjacent to an activating group) is 1. The van der Waals surface area contributed by atoms with Gasteiger partial charge in [0, 0.05) is 13.1 Å². The number of rotatable bonds is 6. The maximum absolute atomic E-state index is 8.84. The first-order valence-electron chi connectivity index (χ1n) is 6.02. The molecule has 0 bridgehead atoms. The number of hydrogen-bond acceptors (Lipinski definition) is 3. The molecule has 0 unspecified atom stereocenters. The van der Waals surface area contributed by atoms with Gasteiger partial charge in [-0.3, -0.25) is 0 Å². The first kappa shape index (κ1) is 14.0. The van der Waals surface area contributed by atoms with Crippen molar-refractivity contribution in [2.45, 2.75) is 20.3 Å². The highest BCUT2D eigenvalue weighted by atomic mass is 16.5. The highest BCUT2D eigenvalue weighted by molar-refractivity contribution is 5.43. The maximum atomic E-state index is 8.84. The topological polar surface area (TPSA) is 32.7 Å². The molecule has 3 nitrogen and oxygen atoms in total. The molecule has 1 aromatic rings. The van der Waals surface area contributed by atoms with E-state index < -0.39 is 0 Å². The van der Waals surface area contributed by atoms with Gasteiger partial charge in [0.05, 0.1) is 13.7 Å². The molecule has 1 N–H and O–H groups in total. The quantitative estimate of drug-likeness (QED) is 0.818. The molecule has 1 rings (SSSR count). The van der Waals surface area contributed by atoms with Gasteiger partial charge in [-0.05, 0) is 50.1 Å². The summed E-state index contributed by atoms with van der Waals surface area (Å²) in [5.41, 5.74) is 3.88. The first-order chi connectivity index (χ1) is 8.10. The van der Waals surface area contributed by atoms with Crippen LogP contribution in [-0.4, -0.2) is 43.9 Å². The van der Waals surface area contributed by atoms with Crippen LogP contribution in [-0.2, 0) is 6.42 Å². The van der Waals surface area contributed by atoms with Crippen molar-refractivity contribution in [3.63, 3.8) is 0 Å². The standard InChI is InChI=1S/C14H23NO2/c1-11-12(2)14(17-4)6-5-13(11)7-8-15(3)9-10-16/h5-6,16H,7-10H2,1-4H3. The summed E-state index contributed by atoms with van der Waals surface area (Å²) in [6.07, 6.45) is 1.01. The minimum atomic E-state index is 0.219. The summed E-state index contributed by atoms with van der Waals surface area (Å²) < 4.78 is 5.30. The Morgan fingerprint density at radius 2 is 1.88 bits per heavy atom. The van der Waals surface area contributed by atoms with Crippen molar-refractivity contribution in [3.8, 4) is 5.75 Å². The third-order valence-corrected chi connectivity index (χ3v) is 3.31. The van der Waals surface area contributed by atoms with Gasteiger partial charge in [-0.2, -0.15) is 0 Å². The summed E-state index contributed by atoms with van der Waals surface area (Å²) in [6, 6.07) is 4.16. The van der Waals surface area contributed by atoms with E-state index in [1.165, 1.54) is 16.7 Å². The molecule has 0 aliphatic rings. The van der Waals surface area contributed by atoms with E-state index in [1.54, 1.807) is 7.11 Å². The van der Waals surface area contributed by atoms with Gasteiger partial charge in [0.2, 0.25) is 0 Å². The van der Waals surface area contributed by atoms with Crippen molar-refractivity contribution in [1.29, 1.82) is 0 Å². The zero-order valence-electron chi connectivity index (χ0n) is 11.3. The highest BCUT2D eigenvalue weighted by Crippen LogP contribution is 2.24. The Morgan fingerprint density at radius 3 is 2.47 bits per heavy atom. The normalized spacial score (nSPS) is 10.9. The van der Waals surface area contributed by atoms with E-state index in [-0.39, 0.29) is 6.61 Å². The molecule has 17 heavy (non-hydrogen) atoms. The Labute approximate surface area is 104 Å². The zero-order valence-corrected chi connectivity index (χ0v) is 11.3. The Hall–Kier alpha value is -1.06. The fourth-order valence-corrected chi connectivity index (χ4v) is 1.94. The van der Waals surface area contributed by atoms with Gasteiger partial charge in [0.15, 0.2) is 0 Å². The van der Waals surface area contributed by atoms with E-state index in [2.05, 4.69) is 24.8 Å². The van der Waals surface area contributed by atoms with Crippen LogP contribution in [0.25, 0.3) is 0 Å². The summed E-state index contributed by atoms with van der Waals surface area (Å²) in [7, 11) is 3.73. The number of nitrogens with zero attached hydrogens (tertiary/aromatic N) is 1. The van der Waals surface area contributed by atoms with E-state index in [9.17, 15) is 0 Å². The van der Waals surface area contributed by atoms with Crippen molar-refractivity contribution in [3.05, 3.63) is 28.8 Å². The Balaban J connectivity index is 2.69. The van der Waals surface area contributed by atoms with Gasteiger partial charge in [-0.15, -0.1) is 0 Å². The molecule has 0 aliphatic carbocycles. The first-order valence-corrected chi connectivity index (χ1v) is 6.02. The predicted octanol–water partition coefficient (Wildman–Crippen LogP) is 1.78. The van der Waals surface area contributed by atoms with Crippen molar-refractivity contribution >= 4 is 0 Å². The molecule has 0 aliphatic heterocycles. The Bertz CT molecular complexity index is 363. The highest BCUT2D eigenvalue weighted by Gasteiger charge is 2.07. The molecule has 0 amide bonds. The number of aliphatic hydroxyl groups is 1. The van der Waals surface area contributed by atoms with Crippen molar-refractivity contribution < 1.29 is 9.84 Å². The molecule has 0 atom stereocenters. The summed E-state index contributed by atoms with van der Waals surface area (Å²) in [5.74, 6) is 0.954. The van der Waals surface area contributed by atoms with Gasteiger partial charge in [-0.25, -0.2) is 0 Å². The Kier molecular flexibility index (Phi) is 5.45. The molecule has 96 valence electrons. The Morgan fingerprint density at radius 1 is 1.18 bits per heavy atom. The van der Waals surface area contributed by atoms with Gasteiger partial charge in [0.25, 0.3) is 0 Å². The van der Waals surface area contributed by atoms with Gasteiger partial charge in [0.1, 0.15) is 5.75 Å². The fraction of sp³-hybridized carbons (Fsp3) is 0.571. The van der Waals surface area contributed by atoms with Gasteiger partial charge in [-0.1, -0.05) is 6.07 Å². The lowest BCUT2D eigenvalue weighted by molar-refractivity contribution is 0.223. The number of ether oxygens (including phenoxy) is 1. The number of aliphatic hydroxyl groups excluding tert-OH is 1. The van der Waals surface area contributed by atoms with Crippen LogP contribution in [0.3, 0.4) is 0 Å². The smallest absolute Gasteiger partial charge is 0.122 e. The van der Waals surface area contributed by atoms with Crippen molar-refractivity contribution in [2.24, 2.45) is 0 Å². The lowest BCUT2D eigenvalue weighted by atomic mass is 10.00. The molecule has 0 aromatic heterocycles. The van der Waals surface area contributed by atoms with Crippen molar-refractivity contribution in [2.75, 3.05) is 33.9 Å². The molecule has 0 saturated heterocycles. The fourth-order valence-electron chi connectivity index (χ4n) is 1.94. The summed E-state index contributed by atoms with van der Waals surface area (Å²) in [4.78, 5) is 2.14. The molecule has 1 aromatic carbocycles. The third-order valence-electron chi connectivity index (χ3n) is 3.31. The SMILES string of the molecule is COc1ccc(CCN(C)CCO)c(C)c1C. The maximum Gasteiger partial charge on any atom is 0.122 e. The zero-order chi connectivity index (χ0) is 12.8. The van der Waals surface area contributed by atoms with Gasteiger partial charge < -0.3 is 14.7 Å². The average Bonchev–Trinajstić information content (AvgIpc) is 2.31. The molecule has 0 saturated carbocycles. The summed E-state index contributed by atoms with van der Waals surface area (Å²) >= 11 is 0. The second-order valence-electron chi connectivity index (χ2n) is 4.45. The summed E-state index contributed by atoms with van der Waals surface area (Å²) in [5, 5.41) is 8.84. The van der Waals surface area contributed by atoms with E-state index in [4.69, 9.17) is 9.84 Å². The van der Waals surface area contributed by atoms with Crippen LogP contribution in [0.1, 0.15) is 16.7 Å². The second-order valence-corrected chi connectivity index (χ2v) is 4.45. The molecule has 0 spiro atoms. The van der Waals surface area contributed by atoms with E-state index in [1.807, 2.05) is 13.1 Å². The van der Waals surface area contributed by atoms with E-state index in [0.717, 1.165) is 25.3 Å². The van der Waals surface area contributed by atoms with Crippen molar-refractivity contribution in [1.82, 2.24) is 4.90 Å². The average molecular weight is 237 g/mol. The molecule has 0 fully saturated rings. The molecule has 0 radical (unpaired) electrons. The van der Waals surface area contributed by atoms with Crippen LogP contribution in [0.5, 0.6) is 5.75 Å². The molecular weight excluding hydrogens is 214 g/mol. The van der Waals surface area contributed by atoms with Gasteiger partial charge >= 0.3 is 0 Å². The minimum Gasteiger partial charge on any atom is -0.496 e. The largest absolute Gasteiger partial charge is 0.496 e. The molecule has 0 heterocycles.